The third-order valence-electron chi connectivity index (χ3n) is 9.74. The van der Waals surface area contributed by atoms with Crippen molar-refractivity contribution in [3.8, 4) is 28.3 Å². The summed E-state index contributed by atoms with van der Waals surface area (Å²) in [6.07, 6.45) is 3.28. The van der Waals surface area contributed by atoms with Crippen LogP contribution in [0.3, 0.4) is 0 Å². The zero-order valence-corrected chi connectivity index (χ0v) is 30.6. The lowest BCUT2D eigenvalue weighted by Crippen LogP contribution is -2.37. The van der Waals surface area contributed by atoms with Gasteiger partial charge in [0.15, 0.2) is 0 Å². The predicted molar refractivity (Wildman–Crippen MR) is 198 cm³/mol. The highest BCUT2D eigenvalue weighted by Crippen LogP contribution is 2.52. The minimum absolute atomic E-state index is 0.0153. The maximum Gasteiger partial charge on any atom is 0.330 e. The Morgan fingerprint density at radius 3 is 2.37 bits per heavy atom. The van der Waals surface area contributed by atoms with Crippen molar-refractivity contribution >= 4 is 40.0 Å². The number of benzene rings is 2. The number of fused-ring (bicyclic) bond motifs is 2. The van der Waals surface area contributed by atoms with Crippen LogP contribution in [0.2, 0.25) is 5.02 Å². The quantitative estimate of drug-likeness (QED) is 0.189. The second-order valence-electron chi connectivity index (χ2n) is 12.5. The molecule has 1 aliphatic carbocycles. The second-order valence-corrected chi connectivity index (χ2v) is 12.9. The Hall–Kier alpha value is -5.07. The van der Waals surface area contributed by atoms with Gasteiger partial charge in [-0.25, -0.2) is 14.8 Å². The van der Waals surface area contributed by atoms with Gasteiger partial charge in [-0.3, -0.25) is 28.6 Å². The van der Waals surface area contributed by atoms with Crippen LogP contribution in [0, 0.1) is 24.7 Å². The minimum Gasteiger partial charge on any atom is -0.480 e. The molecule has 4 heterocycles. The van der Waals surface area contributed by atoms with E-state index in [0.29, 0.717) is 63.9 Å². The van der Waals surface area contributed by atoms with E-state index < -0.39 is 11.2 Å². The average molecular weight is 712 g/mol. The van der Waals surface area contributed by atoms with Crippen LogP contribution in [0.25, 0.3) is 33.3 Å². The molecule has 7 rings (SSSR count). The first-order valence-corrected chi connectivity index (χ1v) is 17.5. The molecular weight excluding hydrogens is 670 g/mol. The van der Waals surface area contributed by atoms with Crippen molar-refractivity contribution in [2.45, 2.75) is 34.2 Å². The van der Waals surface area contributed by atoms with Gasteiger partial charge in [0.05, 0.1) is 42.1 Å². The number of carbonyl (C=O) groups is 1. The van der Waals surface area contributed by atoms with Crippen LogP contribution in [0.1, 0.15) is 32.0 Å². The third-order valence-corrected chi connectivity index (χ3v) is 10.1. The van der Waals surface area contributed by atoms with Crippen molar-refractivity contribution in [2.24, 2.45) is 31.8 Å². The number of hydrogen-bond acceptors (Lipinski definition) is 10. The molecule has 1 aliphatic heterocycles. The monoisotopic (exact) mass is 711 g/mol. The molecule has 0 spiro atoms. The summed E-state index contributed by atoms with van der Waals surface area (Å²) in [6, 6.07) is 13.2. The van der Waals surface area contributed by atoms with Gasteiger partial charge < -0.3 is 14.8 Å². The first kappa shape index (κ1) is 35.7. The number of aryl methyl sites for hydroxylation is 1. The summed E-state index contributed by atoms with van der Waals surface area (Å²) in [5.74, 6) is 1.38. The molecule has 12 nitrogen and oxygen atoms in total. The Morgan fingerprint density at radius 1 is 0.980 bits per heavy atom. The van der Waals surface area contributed by atoms with Crippen LogP contribution in [0.15, 0.2) is 64.4 Å². The molecule has 0 amide bonds. The molecule has 266 valence electrons. The maximum atomic E-state index is 13.1. The van der Waals surface area contributed by atoms with E-state index in [9.17, 15) is 14.4 Å². The molecule has 0 bridgehead atoms. The summed E-state index contributed by atoms with van der Waals surface area (Å²) < 4.78 is 13.4. The average Bonchev–Trinajstić information content (AvgIpc) is 3.66. The predicted octanol–water partition coefficient (Wildman–Crippen LogP) is 5.74. The van der Waals surface area contributed by atoms with E-state index in [-0.39, 0.29) is 11.9 Å². The lowest BCUT2D eigenvalue weighted by molar-refractivity contribution is -0.145. The molecule has 2 unspecified atom stereocenters. The van der Waals surface area contributed by atoms with Crippen LogP contribution in [0.5, 0.6) is 5.88 Å². The number of aromatic nitrogens is 5. The van der Waals surface area contributed by atoms with Crippen LogP contribution < -0.4 is 21.3 Å². The number of ether oxygens (including phenoxy) is 2. The fourth-order valence-electron chi connectivity index (χ4n) is 7.09. The molecule has 5 aromatic rings. The minimum atomic E-state index is -0.430. The van der Waals surface area contributed by atoms with E-state index in [4.69, 9.17) is 31.0 Å². The molecule has 3 aromatic heterocycles. The normalized spacial score (nSPS) is 17.8. The lowest BCUT2D eigenvalue weighted by atomic mass is 9.96. The summed E-state index contributed by atoms with van der Waals surface area (Å²) in [5, 5.41) is 4.15. The number of methoxy groups -OCH3 is 1. The van der Waals surface area contributed by atoms with Crippen molar-refractivity contribution in [1.29, 1.82) is 0 Å². The highest BCUT2D eigenvalue weighted by Gasteiger charge is 2.60. The molecule has 2 aromatic carbocycles. The first-order chi connectivity index (χ1) is 24.6. The van der Waals surface area contributed by atoms with Gasteiger partial charge >= 0.3 is 11.7 Å². The maximum absolute atomic E-state index is 13.1. The second kappa shape index (κ2) is 14.7. The van der Waals surface area contributed by atoms with Crippen molar-refractivity contribution in [2.75, 3.05) is 32.1 Å². The van der Waals surface area contributed by atoms with Gasteiger partial charge in [-0.15, -0.1) is 0 Å². The van der Waals surface area contributed by atoms with E-state index in [2.05, 4.69) is 15.2 Å². The Balaban J connectivity index is 0.00000220. The summed E-state index contributed by atoms with van der Waals surface area (Å²) in [7, 11) is 4.66. The number of piperidine rings is 1. The van der Waals surface area contributed by atoms with Gasteiger partial charge in [-0.05, 0) is 48.9 Å². The zero-order chi connectivity index (χ0) is 36.6. The van der Waals surface area contributed by atoms with Gasteiger partial charge in [0.1, 0.15) is 16.9 Å². The van der Waals surface area contributed by atoms with Crippen LogP contribution in [-0.4, -0.2) is 61.8 Å². The van der Waals surface area contributed by atoms with Gasteiger partial charge in [0.25, 0.3) is 5.56 Å². The van der Waals surface area contributed by atoms with Gasteiger partial charge in [0.2, 0.25) is 5.88 Å². The highest BCUT2D eigenvalue weighted by molar-refractivity contribution is 6.36. The molecular formula is C38H42ClN7O5. The van der Waals surface area contributed by atoms with E-state index >= 15 is 0 Å². The zero-order valence-electron chi connectivity index (χ0n) is 29.9. The summed E-state index contributed by atoms with van der Waals surface area (Å²) >= 11 is 7.10. The number of anilines is 2. The number of pyridine rings is 1. The molecule has 1 N–H and O–H groups in total. The molecule has 2 fully saturated rings. The van der Waals surface area contributed by atoms with Crippen molar-refractivity contribution in [1.82, 2.24) is 29.0 Å². The number of rotatable bonds is 9. The molecule has 1 saturated heterocycles. The van der Waals surface area contributed by atoms with Crippen molar-refractivity contribution in [3.05, 3.63) is 92.0 Å². The van der Waals surface area contributed by atoms with E-state index in [1.165, 1.54) is 11.6 Å². The molecule has 1 saturated carbocycles. The van der Waals surface area contributed by atoms with Crippen LogP contribution in [0.4, 0.5) is 11.5 Å². The molecule has 2 aliphatic rings. The summed E-state index contributed by atoms with van der Waals surface area (Å²) in [6.45, 7) is 10.4. The largest absolute Gasteiger partial charge is 0.480 e. The van der Waals surface area contributed by atoms with E-state index in [0.717, 1.165) is 45.7 Å². The molecule has 0 radical (unpaired) electrons. The fourth-order valence-corrected chi connectivity index (χ4v) is 7.41. The number of nitrogens with one attached hydrogen (secondary N) is 1. The SMILES string of the molecule is CC.CCOC(=O)C1C2CN(Cc3ncc(-c4cccc(-c5cccc(Nc6nccc7c6c(=O)n(C)c(=O)n7C)c5C)c4Cl)nc3OC)CC21. The lowest BCUT2D eigenvalue weighted by Gasteiger charge is -2.20. The van der Waals surface area contributed by atoms with E-state index in [1.54, 1.807) is 32.6 Å². The Kier molecular flexibility index (Phi) is 10.3. The topological polar surface area (TPSA) is 133 Å². The number of nitrogens with zero attached hydrogens (tertiary/aromatic N) is 6. The van der Waals surface area contributed by atoms with E-state index in [1.807, 2.05) is 64.1 Å². The van der Waals surface area contributed by atoms with Gasteiger partial charge in [-0.1, -0.05) is 55.8 Å². The van der Waals surface area contributed by atoms with Gasteiger partial charge in [-0.2, -0.15) is 0 Å². The Morgan fingerprint density at radius 2 is 1.67 bits per heavy atom. The highest BCUT2D eigenvalue weighted by atomic mass is 35.5. The summed E-state index contributed by atoms with van der Waals surface area (Å²) in [4.78, 5) is 54.1. The Bertz CT molecular complexity index is 2240. The number of esters is 1. The smallest absolute Gasteiger partial charge is 0.330 e. The third kappa shape index (κ3) is 6.49. The molecule has 2 atom stereocenters. The molecule has 13 heteroatoms. The van der Waals surface area contributed by atoms with Crippen LogP contribution >= 0.6 is 11.6 Å². The Labute approximate surface area is 301 Å². The number of hydrogen-bond donors (Lipinski definition) is 1. The van der Waals surface area contributed by atoms with Crippen LogP contribution in [-0.2, 0) is 30.2 Å². The van der Waals surface area contributed by atoms with Gasteiger partial charge in [0, 0.05) is 56.7 Å². The van der Waals surface area contributed by atoms with Crippen molar-refractivity contribution < 1.29 is 14.3 Å². The number of halogens is 1. The standard InChI is InChI=1S/C36H36ClN7O5.C2H6/c1-6-49-35(46)29-23-16-44(17-24(23)29)18-27-33(48-5)41-26(15-39-27)22-11-7-10-21(31(22)37)20-9-8-12-25(19(20)2)40-32-30-28(13-14-38-32)42(3)36(47)43(4)34(30)45;1-2/h7-15,23-24,29H,6,16-18H2,1-5H3,(H,38,40);1-2H3. The number of carbonyl (C=O) groups excluding carboxylic acids is 1. The fraction of sp³-hybridized carbons (Fsp3) is 0.368. The summed E-state index contributed by atoms with van der Waals surface area (Å²) in [5.41, 5.74) is 4.93. The molecule has 51 heavy (non-hydrogen) atoms. The number of likely N-dealkylation sites (tertiary alicyclic amines) is 1. The van der Waals surface area contributed by atoms with Crippen molar-refractivity contribution in [3.63, 3.8) is 0 Å². The first-order valence-electron chi connectivity index (χ1n) is 17.1.